The summed E-state index contributed by atoms with van der Waals surface area (Å²) in [4.78, 5) is 25.2. The van der Waals surface area contributed by atoms with Crippen molar-refractivity contribution in [1.82, 2.24) is 0 Å². The van der Waals surface area contributed by atoms with Crippen LogP contribution in [0.2, 0.25) is 0 Å². The Morgan fingerprint density at radius 3 is 2.86 bits per heavy atom. The summed E-state index contributed by atoms with van der Waals surface area (Å²) in [5.74, 6) is -0.738. The van der Waals surface area contributed by atoms with Gasteiger partial charge in [0.25, 0.3) is 5.91 Å². The van der Waals surface area contributed by atoms with E-state index in [2.05, 4.69) is 5.32 Å². The zero-order valence-corrected chi connectivity index (χ0v) is 16.4. The Balaban J connectivity index is 1.53. The maximum atomic E-state index is 13.5. The van der Waals surface area contributed by atoms with E-state index in [-0.39, 0.29) is 6.10 Å². The monoisotopic (exact) mass is 403 g/mol. The second-order valence-electron chi connectivity index (χ2n) is 6.53. The van der Waals surface area contributed by atoms with Gasteiger partial charge in [0.15, 0.2) is 6.61 Å². The Morgan fingerprint density at radius 2 is 2.11 bits per heavy atom. The van der Waals surface area contributed by atoms with E-state index < -0.39 is 24.3 Å². The summed E-state index contributed by atoms with van der Waals surface area (Å²) in [5.41, 5.74) is 1.22. The maximum Gasteiger partial charge on any atom is 0.339 e. The molecule has 1 atom stereocenters. The number of benzene rings is 2. The molecule has 0 radical (unpaired) electrons. The number of thioether (sulfide) groups is 1. The highest BCUT2D eigenvalue weighted by molar-refractivity contribution is 7.99. The quantitative estimate of drug-likeness (QED) is 0.554. The fraction of sp³-hybridized carbons (Fsp3) is 0.333. The molecule has 148 valence electrons. The minimum absolute atomic E-state index is 0.203. The molecule has 2 aromatic carbocycles. The van der Waals surface area contributed by atoms with Crippen molar-refractivity contribution in [2.75, 3.05) is 24.3 Å². The molecule has 5 nitrogen and oxygen atoms in total. The summed E-state index contributed by atoms with van der Waals surface area (Å²) in [5, 5.41) is 2.52. The summed E-state index contributed by atoms with van der Waals surface area (Å²) < 4.78 is 24.3. The lowest BCUT2D eigenvalue weighted by molar-refractivity contribution is -0.119. The Labute approximate surface area is 167 Å². The van der Waals surface area contributed by atoms with Gasteiger partial charge >= 0.3 is 5.97 Å². The van der Waals surface area contributed by atoms with Crippen molar-refractivity contribution in [2.45, 2.75) is 30.8 Å². The number of nitrogens with one attached hydrogen (secondary N) is 1. The van der Waals surface area contributed by atoms with Gasteiger partial charge in [0.05, 0.1) is 11.7 Å². The van der Waals surface area contributed by atoms with Crippen LogP contribution in [0.15, 0.2) is 47.4 Å². The lowest BCUT2D eigenvalue weighted by Gasteiger charge is -2.12. The summed E-state index contributed by atoms with van der Waals surface area (Å²) in [6.45, 7) is 1.98. The second-order valence-corrected chi connectivity index (χ2v) is 7.59. The van der Waals surface area contributed by atoms with E-state index in [0.29, 0.717) is 16.8 Å². The molecule has 1 N–H and O–H groups in total. The normalized spacial score (nSPS) is 16.0. The van der Waals surface area contributed by atoms with Crippen LogP contribution in [0.1, 0.15) is 28.8 Å². The predicted octanol–water partition coefficient (Wildman–Crippen LogP) is 4.20. The molecule has 0 bridgehead atoms. The van der Waals surface area contributed by atoms with E-state index in [0.717, 1.165) is 30.1 Å². The van der Waals surface area contributed by atoms with E-state index in [4.69, 9.17) is 9.47 Å². The fourth-order valence-electron chi connectivity index (χ4n) is 2.80. The van der Waals surface area contributed by atoms with Gasteiger partial charge in [-0.2, -0.15) is 0 Å². The number of hydrogen-bond donors (Lipinski definition) is 1. The number of carbonyl (C=O) groups excluding carboxylic acids is 2. The smallest absolute Gasteiger partial charge is 0.339 e. The third-order valence-electron chi connectivity index (χ3n) is 4.35. The summed E-state index contributed by atoms with van der Waals surface area (Å²) in [6.07, 6.45) is 2.30. The molecular weight excluding hydrogens is 381 g/mol. The molecule has 1 aliphatic rings. The second kappa shape index (κ2) is 9.71. The van der Waals surface area contributed by atoms with E-state index in [1.807, 2.05) is 12.1 Å². The third kappa shape index (κ3) is 5.56. The van der Waals surface area contributed by atoms with E-state index in [1.54, 1.807) is 43.0 Å². The zero-order chi connectivity index (χ0) is 19.9. The van der Waals surface area contributed by atoms with Gasteiger partial charge in [-0.15, -0.1) is 11.8 Å². The number of ether oxygens (including phenoxy) is 2. The number of rotatable bonds is 7. The Morgan fingerprint density at radius 1 is 1.29 bits per heavy atom. The lowest BCUT2D eigenvalue weighted by atomic mass is 10.2. The third-order valence-corrected chi connectivity index (χ3v) is 5.55. The van der Waals surface area contributed by atoms with Gasteiger partial charge in [-0.25, -0.2) is 9.18 Å². The number of aryl methyl sites for hydroxylation is 1. The van der Waals surface area contributed by atoms with Crippen LogP contribution in [-0.4, -0.2) is 36.9 Å². The van der Waals surface area contributed by atoms with Crippen molar-refractivity contribution in [1.29, 1.82) is 0 Å². The molecule has 3 rings (SSSR count). The molecule has 7 heteroatoms. The predicted molar refractivity (Wildman–Crippen MR) is 106 cm³/mol. The number of amides is 1. The van der Waals surface area contributed by atoms with Crippen LogP contribution in [0.4, 0.5) is 10.1 Å². The molecule has 0 aliphatic carbocycles. The van der Waals surface area contributed by atoms with Gasteiger partial charge in [-0.05, 0) is 49.6 Å². The van der Waals surface area contributed by atoms with Crippen molar-refractivity contribution in [3.8, 4) is 0 Å². The molecule has 0 aromatic heterocycles. The van der Waals surface area contributed by atoms with E-state index >= 15 is 0 Å². The number of esters is 1. The van der Waals surface area contributed by atoms with Crippen molar-refractivity contribution in [3.05, 3.63) is 59.4 Å². The van der Waals surface area contributed by atoms with E-state index in [9.17, 15) is 14.0 Å². The first-order valence-electron chi connectivity index (χ1n) is 9.09. The van der Waals surface area contributed by atoms with Crippen LogP contribution < -0.4 is 5.32 Å². The number of halogens is 1. The van der Waals surface area contributed by atoms with E-state index in [1.165, 1.54) is 6.07 Å². The van der Waals surface area contributed by atoms with Crippen LogP contribution in [0.3, 0.4) is 0 Å². The van der Waals surface area contributed by atoms with Crippen molar-refractivity contribution in [2.24, 2.45) is 0 Å². The van der Waals surface area contributed by atoms with Crippen LogP contribution in [-0.2, 0) is 14.3 Å². The first-order chi connectivity index (χ1) is 13.5. The molecule has 1 saturated heterocycles. The first kappa shape index (κ1) is 20.4. The standard InChI is InChI=1S/C21H22FNO4S/c1-14-8-9-15(11-18(14)22)23-20(24)12-27-21(25)17-6-2-3-7-19(17)28-13-16-5-4-10-26-16/h2-3,6-9,11,16H,4-5,10,12-13H2,1H3,(H,23,24)/t16-/m0/s1. The van der Waals surface area contributed by atoms with Crippen molar-refractivity contribution < 1.29 is 23.5 Å². The Kier molecular flexibility index (Phi) is 7.06. The van der Waals surface area contributed by atoms with Gasteiger partial charge in [0.2, 0.25) is 0 Å². The SMILES string of the molecule is Cc1ccc(NC(=O)COC(=O)c2ccccc2SC[C@@H]2CCCO2)cc1F. The van der Waals surface area contributed by atoms with Gasteiger partial charge in [-0.1, -0.05) is 18.2 Å². The minimum Gasteiger partial charge on any atom is -0.452 e. The van der Waals surface area contributed by atoms with Crippen LogP contribution >= 0.6 is 11.8 Å². The number of carbonyl (C=O) groups is 2. The number of anilines is 1. The van der Waals surface area contributed by atoms with Crippen molar-refractivity contribution in [3.63, 3.8) is 0 Å². The molecule has 1 fully saturated rings. The topological polar surface area (TPSA) is 64.6 Å². The average Bonchev–Trinajstić information content (AvgIpc) is 3.21. The molecule has 28 heavy (non-hydrogen) atoms. The molecule has 0 saturated carbocycles. The van der Waals surface area contributed by atoms with Crippen LogP contribution in [0, 0.1) is 12.7 Å². The van der Waals surface area contributed by atoms with Crippen LogP contribution in [0.5, 0.6) is 0 Å². The molecule has 1 heterocycles. The van der Waals surface area contributed by atoms with Crippen molar-refractivity contribution >= 4 is 29.3 Å². The Bertz CT molecular complexity index is 852. The number of hydrogen-bond acceptors (Lipinski definition) is 5. The highest BCUT2D eigenvalue weighted by Crippen LogP contribution is 2.27. The molecule has 0 spiro atoms. The molecular formula is C21H22FNO4S. The summed E-state index contributed by atoms with van der Waals surface area (Å²) in [6, 6.07) is 11.5. The maximum absolute atomic E-state index is 13.5. The highest BCUT2D eigenvalue weighted by Gasteiger charge is 2.19. The molecule has 1 aliphatic heterocycles. The summed E-state index contributed by atoms with van der Waals surface area (Å²) >= 11 is 1.54. The Hall–Kier alpha value is -2.38. The molecule has 2 aromatic rings. The highest BCUT2D eigenvalue weighted by atomic mass is 32.2. The van der Waals surface area contributed by atoms with Crippen LogP contribution in [0.25, 0.3) is 0 Å². The fourth-order valence-corrected chi connectivity index (χ4v) is 3.91. The zero-order valence-electron chi connectivity index (χ0n) is 15.6. The summed E-state index contributed by atoms with van der Waals surface area (Å²) in [7, 11) is 0. The van der Waals surface area contributed by atoms with Gasteiger partial charge in [-0.3, -0.25) is 4.79 Å². The minimum atomic E-state index is -0.569. The molecule has 1 amide bonds. The van der Waals surface area contributed by atoms with Gasteiger partial charge in [0, 0.05) is 22.9 Å². The lowest BCUT2D eigenvalue weighted by Crippen LogP contribution is -2.21. The van der Waals surface area contributed by atoms with Gasteiger partial charge < -0.3 is 14.8 Å². The average molecular weight is 403 g/mol. The largest absolute Gasteiger partial charge is 0.452 e. The van der Waals surface area contributed by atoms with Gasteiger partial charge in [0.1, 0.15) is 5.82 Å². The molecule has 0 unspecified atom stereocenters. The first-order valence-corrected chi connectivity index (χ1v) is 10.1.